The standard InChI is InChI=1S/C6H15S.BHO2.K.H2O/c1-4-7(5-2)6-3;2-1-3;;/h4-6H2,1-3H3;2H;;1H2/q+1;-1;+1;/p-1. The molecule has 0 fully saturated rings. The van der Waals surface area contributed by atoms with Crippen LogP contribution in [-0.2, 0) is 10.9 Å². The van der Waals surface area contributed by atoms with E-state index >= 15 is 0 Å². The summed E-state index contributed by atoms with van der Waals surface area (Å²) < 4.78 is 0. The van der Waals surface area contributed by atoms with Gasteiger partial charge in [0.05, 0.1) is 0 Å². The van der Waals surface area contributed by atoms with Crippen molar-refractivity contribution in [1.82, 2.24) is 0 Å². The zero-order valence-corrected chi connectivity index (χ0v) is 12.3. The first kappa shape index (κ1) is 23.6. The smallest absolute Gasteiger partial charge is 0.870 e. The molecule has 0 aromatic rings. The molecule has 0 atom stereocenters. The number of hydrogen-bond donors (Lipinski definition) is 1. The van der Waals surface area contributed by atoms with Crippen LogP contribution in [0.4, 0.5) is 0 Å². The molecule has 12 heavy (non-hydrogen) atoms. The Hall–Kier alpha value is 1.93. The minimum Gasteiger partial charge on any atom is -0.870 e. The summed E-state index contributed by atoms with van der Waals surface area (Å²) in [6, 6.07) is 0. The minimum absolute atomic E-state index is 0. The van der Waals surface area contributed by atoms with Crippen LogP contribution in [0, 0.1) is 0 Å². The predicted molar refractivity (Wildman–Crippen MR) is 48.9 cm³/mol. The molecule has 3 nitrogen and oxygen atoms in total. The fourth-order valence-electron chi connectivity index (χ4n) is 0.612. The van der Waals surface area contributed by atoms with Gasteiger partial charge in [-0.2, -0.15) is 0 Å². The molecule has 1 radical (unpaired) electrons. The summed E-state index contributed by atoms with van der Waals surface area (Å²) in [5.74, 6) is 4.15. The van der Waals surface area contributed by atoms with Crippen molar-refractivity contribution in [2.75, 3.05) is 17.3 Å². The Kier molecular flexibility index (Phi) is 45.4. The minimum atomic E-state index is -0.250. The molecule has 69 valence electrons. The molecule has 0 heterocycles. The van der Waals surface area contributed by atoms with E-state index in [0.29, 0.717) is 0 Å². The molecule has 0 spiro atoms. The molecule has 0 aliphatic rings. The van der Waals surface area contributed by atoms with Crippen molar-refractivity contribution in [2.45, 2.75) is 20.8 Å². The summed E-state index contributed by atoms with van der Waals surface area (Å²) in [5.41, 5.74) is 0. The molecule has 0 aliphatic heterocycles. The van der Waals surface area contributed by atoms with Crippen molar-refractivity contribution in [1.29, 1.82) is 0 Å². The van der Waals surface area contributed by atoms with Gasteiger partial charge >= 0.3 is 51.4 Å². The molecule has 0 aromatic carbocycles. The van der Waals surface area contributed by atoms with E-state index in [4.69, 9.17) is 10.0 Å². The molecule has 0 rings (SSSR count). The third-order valence-corrected chi connectivity index (χ3v) is 3.67. The van der Waals surface area contributed by atoms with E-state index in [0.717, 1.165) is 10.9 Å². The third-order valence-electron chi connectivity index (χ3n) is 1.22. The van der Waals surface area contributed by atoms with E-state index < -0.39 is 0 Å². The van der Waals surface area contributed by atoms with Crippen molar-refractivity contribution in [2.24, 2.45) is 0 Å². The predicted octanol–water partition coefficient (Wildman–Crippen LogP) is -3.64. The fourth-order valence-corrected chi connectivity index (χ4v) is 1.84. The molecule has 0 unspecified atom stereocenters. The van der Waals surface area contributed by atoms with Gasteiger partial charge in [-0.15, -0.1) is 0 Å². The third kappa shape index (κ3) is 22.7. The fraction of sp³-hybridized carbons (Fsp3) is 1.00. The van der Waals surface area contributed by atoms with Gasteiger partial charge < -0.3 is 15.5 Å². The van der Waals surface area contributed by atoms with Crippen LogP contribution in [0.3, 0.4) is 0 Å². The van der Waals surface area contributed by atoms with Crippen LogP contribution in [0.1, 0.15) is 20.8 Å². The summed E-state index contributed by atoms with van der Waals surface area (Å²) in [5, 5.41) is 15.2. The zero-order valence-electron chi connectivity index (χ0n) is 8.41. The van der Waals surface area contributed by atoms with E-state index in [1.54, 1.807) is 0 Å². The van der Waals surface area contributed by atoms with E-state index in [1.165, 1.54) is 17.3 Å². The zero-order chi connectivity index (χ0) is 8.41. The van der Waals surface area contributed by atoms with Crippen LogP contribution < -0.4 is 56.4 Å². The molecule has 0 bridgehead atoms. The maximum atomic E-state index is 8.36. The summed E-state index contributed by atoms with van der Waals surface area (Å²) in [4.78, 5) is 0. The van der Waals surface area contributed by atoms with Crippen molar-refractivity contribution in [3.8, 4) is 0 Å². The normalized spacial score (nSPS) is 7.17. The van der Waals surface area contributed by atoms with E-state index in [2.05, 4.69) is 20.8 Å². The second kappa shape index (κ2) is 23.1. The van der Waals surface area contributed by atoms with Crippen molar-refractivity contribution < 1.29 is 66.9 Å². The molecular formula is C6H17BKO3S. The Morgan fingerprint density at radius 1 is 1.17 bits per heavy atom. The molecule has 0 saturated carbocycles. The van der Waals surface area contributed by atoms with Crippen molar-refractivity contribution in [3.63, 3.8) is 0 Å². The van der Waals surface area contributed by atoms with Crippen LogP contribution >= 0.6 is 0 Å². The molecular weight excluding hydrogens is 202 g/mol. The molecule has 2 N–H and O–H groups in total. The Morgan fingerprint density at radius 2 is 1.33 bits per heavy atom. The van der Waals surface area contributed by atoms with Crippen LogP contribution in [0.2, 0.25) is 0 Å². The van der Waals surface area contributed by atoms with Crippen LogP contribution in [0.5, 0.6) is 0 Å². The monoisotopic (exact) mass is 219 g/mol. The van der Waals surface area contributed by atoms with Gasteiger partial charge in [0.1, 0.15) is 17.3 Å². The number of rotatable bonds is 3. The SMILES string of the molecule is CC[S+](CC)CC.[K+].[O-][B]O.[OH-]. The Bertz CT molecular complexity index is 52.5. The summed E-state index contributed by atoms with van der Waals surface area (Å²) in [6.07, 6.45) is 0. The first-order chi connectivity index (χ1) is 4.76. The molecule has 6 heteroatoms. The molecule has 0 saturated heterocycles. The largest absolute Gasteiger partial charge is 1.00 e. The van der Waals surface area contributed by atoms with Gasteiger partial charge in [0.25, 0.3) is 0 Å². The summed E-state index contributed by atoms with van der Waals surface area (Å²) in [7, 11) is 0.505. The molecule has 0 aliphatic carbocycles. The summed E-state index contributed by atoms with van der Waals surface area (Å²) >= 11 is 0. The summed E-state index contributed by atoms with van der Waals surface area (Å²) in [6.45, 7) is 6.82. The Balaban J connectivity index is -0.0000000569. The average Bonchev–Trinajstić information content (AvgIpc) is 1.93. The van der Waals surface area contributed by atoms with Gasteiger partial charge in [0.2, 0.25) is 0 Å². The van der Waals surface area contributed by atoms with Gasteiger partial charge in [0, 0.05) is 0 Å². The second-order valence-corrected chi connectivity index (χ2v) is 4.54. The Labute approximate surface area is 122 Å². The van der Waals surface area contributed by atoms with Crippen LogP contribution in [0.25, 0.3) is 0 Å². The quantitative estimate of drug-likeness (QED) is 0.393. The van der Waals surface area contributed by atoms with Gasteiger partial charge in [-0.3, -0.25) is 0 Å². The maximum absolute atomic E-state index is 8.36. The topological polar surface area (TPSA) is 73.3 Å². The van der Waals surface area contributed by atoms with Crippen molar-refractivity contribution >= 4 is 18.6 Å². The number of hydrogen-bond acceptors (Lipinski definition) is 3. The molecule has 0 amide bonds. The first-order valence-corrected chi connectivity index (χ1v) is 5.21. The van der Waals surface area contributed by atoms with E-state index in [9.17, 15) is 0 Å². The van der Waals surface area contributed by atoms with Gasteiger partial charge in [-0.1, -0.05) is 0 Å². The van der Waals surface area contributed by atoms with Crippen molar-refractivity contribution in [3.05, 3.63) is 0 Å². The Morgan fingerprint density at radius 3 is 1.33 bits per heavy atom. The average molecular weight is 219 g/mol. The van der Waals surface area contributed by atoms with E-state index in [-0.39, 0.29) is 64.5 Å². The first-order valence-electron chi connectivity index (χ1n) is 3.48. The molecule has 0 aromatic heterocycles. The second-order valence-electron chi connectivity index (χ2n) is 1.58. The van der Waals surface area contributed by atoms with Gasteiger partial charge in [0.15, 0.2) is 7.69 Å². The van der Waals surface area contributed by atoms with E-state index in [1.807, 2.05) is 0 Å². The van der Waals surface area contributed by atoms with Crippen LogP contribution in [-0.4, -0.2) is 35.4 Å². The van der Waals surface area contributed by atoms with Crippen LogP contribution in [0.15, 0.2) is 0 Å². The maximum Gasteiger partial charge on any atom is 1.00 e. The van der Waals surface area contributed by atoms with Gasteiger partial charge in [-0.25, -0.2) is 0 Å². The van der Waals surface area contributed by atoms with Gasteiger partial charge in [-0.05, 0) is 31.7 Å².